The average molecular weight is 180 g/mol. The van der Waals surface area contributed by atoms with Crippen molar-refractivity contribution in [1.82, 2.24) is 5.32 Å². The van der Waals surface area contributed by atoms with Gasteiger partial charge in [-0.05, 0) is 25.3 Å². The van der Waals surface area contributed by atoms with Gasteiger partial charge in [0.25, 0.3) is 0 Å². The van der Waals surface area contributed by atoms with E-state index in [1.54, 1.807) is 0 Å². The van der Waals surface area contributed by atoms with E-state index in [0.29, 0.717) is 12.1 Å². The smallest absolute Gasteiger partial charge is 0.243 e. The van der Waals surface area contributed by atoms with Crippen LogP contribution in [0.5, 0.6) is 0 Å². The standard InChI is InChI=1S/C10H16N2O/c1-2-9(13)12-8-6-7(11)10(8)4-3-5-10/h2,7-8H,1,3-6,11H2,(H,12,13). The van der Waals surface area contributed by atoms with E-state index in [-0.39, 0.29) is 11.3 Å². The van der Waals surface area contributed by atoms with Gasteiger partial charge in [0.05, 0.1) is 0 Å². The second kappa shape index (κ2) is 2.84. The molecule has 2 aliphatic rings. The molecule has 3 heteroatoms. The van der Waals surface area contributed by atoms with E-state index in [1.807, 2.05) is 0 Å². The van der Waals surface area contributed by atoms with Crippen molar-refractivity contribution in [2.45, 2.75) is 37.8 Å². The summed E-state index contributed by atoms with van der Waals surface area (Å²) in [5, 5.41) is 2.95. The molecule has 13 heavy (non-hydrogen) atoms. The molecule has 0 heterocycles. The van der Waals surface area contributed by atoms with Gasteiger partial charge >= 0.3 is 0 Å². The molecule has 0 radical (unpaired) electrons. The van der Waals surface area contributed by atoms with Crippen molar-refractivity contribution in [3.8, 4) is 0 Å². The maximum absolute atomic E-state index is 11.1. The number of nitrogens with one attached hydrogen (secondary N) is 1. The largest absolute Gasteiger partial charge is 0.349 e. The Bertz CT molecular complexity index is 245. The topological polar surface area (TPSA) is 55.1 Å². The lowest BCUT2D eigenvalue weighted by atomic mass is 9.50. The van der Waals surface area contributed by atoms with Crippen molar-refractivity contribution in [3.05, 3.63) is 12.7 Å². The van der Waals surface area contributed by atoms with Crippen LogP contribution in [0.3, 0.4) is 0 Å². The highest BCUT2D eigenvalue weighted by molar-refractivity contribution is 5.87. The molecule has 0 aromatic carbocycles. The zero-order chi connectivity index (χ0) is 9.47. The molecule has 0 aromatic rings. The highest BCUT2D eigenvalue weighted by Gasteiger charge is 2.56. The van der Waals surface area contributed by atoms with Crippen LogP contribution in [0.25, 0.3) is 0 Å². The highest BCUT2D eigenvalue weighted by atomic mass is 16.1. The van der Waals surface area contributed by atoms with Crippen molar-refractivity contribution in [1.29, 1.82) is 0 Å². The van der Waals surface area contributed by atoms with Gasteiger partial charge in [0.2, 0.25) is 5.91 Å². The van der Waals surface area contributed by atoms with Gasteiger partial charge in [-0.25, -0.2) is 0 Å². The molecule has 0 saturated heterocycles. The second-order valence-electron chi connectivity index (χ2n) is 4.19. The number of amides is 1. The fourth-order valence-corrected chi connectivity index (χ4v) is 2.56. The molecule has 1 spiro atoms. The lowest BCUT2D eigenvalue weighted by molar-refractivity contribution is -0.123. The van der Waals surface area contributed by atoms with Gasteiger partial charge in [-0.1, -0.05) is 13.0 Å². The Morgan fingerprint density at radius 2 is 2.31 bits per heavy atom. The summed E-state index contributed by atoms with van der Waals surface area (Å²) in [6, 6.07) is 0.609. The molecule has 2 atom stereocenters. The van der Waals surface area contributed by atoms with E-state index >= 15 is 0 Å². The quantitative estimate of drug-likeness (QED) is 0.610. The molecular formula is C10H16N2O. The van der Waals surface area contributed by atoms with E-state index in [2.05, 4.69) is 11.9 Å². The van der Waals surface area contributed by atoms with Gasteiger partial charge in [-0.3, -0.25) is 4.79 Å². The Hall–Kier alpha value is -0.830. The number of carbonyl (C=O) groups excluding carboxylic acids is 1. The third-order valence-electron chi connectivity index (χ3n) is 3.71. The number of nitrogens with two attached hydrogens (primary N) is 1. The number of hydrogen-bond donors (Lipinski definition) is 2. The minimum atomic E-state index is -0.0665. The van der Waals surface area contributed by atoms with Crippen molar-refractivity contribution < 1.29 is 4.79 Å². The SMILES string of the molecule is C=CC(=O)NC1CC(N)C12CCC2. The normalized spacial score (nSPS) is 34.5. The van der Waals surface area contributed by atoms with Gasteiger partial charge in [-0.2, -0.15) is 0 Å². The van der Waals surface area contributed by atoms with Crippen LogP contribution in [0.1, 0.15) is 25.7 Å². The molecule has 1 amide bonds. The zero-order valence-electron chi connectivity index (χ0n) is 7.75. The van der Waals surface area contributed by atoms with Crippen LogP contribution in [-0.2, 0) is 4.79 Å². The summed E-state index contributed by atoms with van der Waals surface area (Å²) in [6.45, 7) is 3.44. The zero-order valence-corrected chi connectivity index (χ0v) is 7.75. The Balaban J connectivity index is 1.95. The van der Waals surface area contributed by atoms with Crippen LogP contribution in [0, 0.1) is 5.41 Å². The predicted molar refractivity (Wildman–Crippen MR) is 51.0 cm³/mol. The van der Waals surface area contributed by atoms with E-state index in [0.717, 1.165) is 6.42 Å². The summed E-state index contributed by atoms with van der Waals surface area (Å²) in [6.07, 6.45) is 5.87. The molecule has 72 valence electrons. The van der Waals surface area contributed by atoms with Crippen molar-refractivity contribution in [2.75, 3.05) is 0 Å². The van der Waals surface area contributed by atoms with Crippen molar-refractivity contribution >= 4 is 5.91 Å². The van der Waals surface area contributed by atoms with Gasteiger partial charge < -0.3 is 11.1 Å². The van der Waals surface area contributed by atoms with Gasteiger partial charge in [0.1, 0.15) is 0 Å². The molecule has 3 N–H and O–H groups in total. The third kappa shape index (κ3) is 1.10. The summed E-state index contributed by atoms with van der Waals surface area (Å²) >= 11 is 0. The first-order valence-electron chi connectivity index (χ1n) is 4.87. The van der Waals surface area contributed by atoms with Crippen LogP contribution in [0.4, 0.5) is 0 Å². The first-order chi connectivity index (χ1) is 6.19. The van der Waals surface area contributed by atoms with Crippen LogP contribution >= 0.6 is 0 Å². The molecule has 2 saturated carbocycles. The average Bonchev–Trinajstić information content (AvgIpc) is 2.00. The Morgan fingerprint density at radius 3 is 2.69 bits per heavy atom. The van der Waals surface area contributed by atoms with Crippen LogP contribution in [0.15, 0.2) is 12.7 Å². The minimum absolute atomic E-state index is 0.0665. The van der Waals surface area contributed by atoms with Crippen LogP contribution < -0.4 is 11.1 Å². The van der Waals surface area contributed by atoms with Crippen LogP contribution in [0.2, 0.25) is 0 Å². The summed E-state index contributed by atoms with van der Waals surface area (Å²) in [5.74, 6) is -0.0665. The fourth-order valence-electron chi connectivity index (χ4n) is 2.56. The van der Waals surface area contributed by atoms with Crippen LogP contribution in [-0.4, -0.2) is 18.0 Å². The summed E-state index contributed by atoms with van der Waals surface area (Å²) in [7, 11) is 0. The molecule has 3 nitrogen and oxygen atoms in total. The maximum atomic E-state index is 11.1. The summed E-state index contributed by atoms with van der Waals surface area (Å²) in [5.41, 5.74) is 6.20. The van der Waals surface area contributed by atoms with Gasteiger partial charge in [-0.15, -0.1) is 0 Å². The van der Waals surface area contributed by atoms with E-state index < -0.39 is 0 Å². The Labute approximate surface area is 78.4 Å². The third-order valence-corrected chi connectivity index (χ3v) is 3.71. The van der Waals surface area contributed by atoms with E-state index in [1.165, 1.54) is 25.3 Å². The van der Waals surface area contributed by atoms with E-state index in [9.17, 15) is 4.79 Å². The van der Waals surface area contributed by atoms with E-state index in [4.69, 9.17) is 5.73 Å². The van der Waals surface area contributed by atoms with Crippen molar-refractivity contribution in [2.24, 2.45) is 11.1 Å². The van der Waals surface area contributed by atoms with Gasteiger partial charge in [0, 0.05) is 17.5 Å². The molecule has 0 aromatic heterocycles. The molecule has 0 aliphatic heterocycles. The monoisotopic (exact) mass is 180 g/mol. The first kappa shape index (κ1) is 8.75. The summed E-state index contributed by atoms with van der Waals surface area (Å²) in [4.78, 5) is 11.1. The number of hydrogen-bond acceptors (Lipinski definition) is 2. The number of carbonyl (C=O) groups is 1. The Morgan fingerprint density at radius 1 is 1.62 bits per heavy atom. The molecule has 2 aliphatic carbocycles. The predicted octanol–water partition coefficient (Wildman–Crippen LogP) is 0.558. The maximum Gasteiger partial charge on any atom is 0.243 e. The first-order valence-corrected chi connectivity index (χ1v) is 4.87. The molecule has 0 bridgehead atoms. The lowest BCUT2D eigenvalue weighted by Crippen LogP contribution is -2.69. The highest BCUT2D eigenvalue weighted by Crippen LogP contribution is 2.54. The fraction of sp³-hybridized carbons (Fsp3) is 0.700. The second-order valence-corrected chi connectivity index (χ2v) is 4.19. The lowest BCUT2D eigenvalue weighted by Gasteiger charge is -2.60. The number of rotatable bonds is 2. The molecular weight excluding hydrogens is 164 g/mol. The molecule has 2 rings (SSSR count). The van der Waals surface area contributed by atoms with Gasteiger partial charge in [0.15, 0.2) is 0 Å². The molecule has 2 fully saturated rings. The summed E-state index contributed by atoms with van der Waals surface area (Å²) < 4.78 is 0. The van der Waals surface area contributed by atoms with Crippen molar-refractivity contribution in [3.63, 3.8) is 0 Å². The Kier molecular flexibility index (Phi) is 1.91. The molecule has 2 unspecified atom stereocenters. The minimum Gasteiger partial charge on any atom is -0.349 e.